The van der Waals surface area contributed by atoms with Crippen LogP contribution < -0.4 is 14.9 Å². The molecule has 1 amide bonds. The van der Waals surface area contributed by atoms with E-state index in [1.165, 1.54) is 30.8 Å². The highest BCUT2D eigenvalue weighted by Crippen LogP contribution is 2.29. The lowest BCUT2D eigenvalue weighted by molar-refractivity contribution is -0.386. The van der Waals surface area contributed by atoms with E-state index in [4.69, 9.17) is 9.47 Å². The van der Waals surface area contributed by atoms with Crippen molar-refractivity contribution in [1.29, 1.82) is 0 Å². The Bertz CT molecular complexity index is 1260. The van der Waals surface area contributed by atoms with Crippen molar-refractivity contribution < 1.29 is 23.6 Å². The molecule has 184 valence electrons. The van der Waals surface area contributed by atoms with Gasteiger partial charge in [0.1, 0.15) is 29.9 Å². The minimum atomic E-state index is -0.812. The zero-order chi connectivity index (χ0) is 25.5. The molecule has 2 aromatic carbocycles. The summed E-state index contributed by atoms with van der Waals surface area (Å²) in [5.41, 5.74) is 3.87. The third-order valence-electron chi connectivity index (χ3n) is 5.21. The summed E-state index contributed by atoms with van der Waals surface area (Å²) in [7, 11) is 0. The van der Waals surface area contributed by atoms with Crippen LogP contribution in [0.25, 0.3) is 0 Å². The van der Waals surface area contributed by atoms with Gasteiger partial charge in [0.25, 0.3) is 5.91 Å². The highest BCUT2D eigenvalue weighted by molar-refractivity contribution is 5.84. The first-order valence-corrected chi connectivity index (χ1v) is 10.9. The fourth-order valence-electron chi connectivity index (χ4n) is 3.43. The van der Waals surface area contributed by atoms with Gasteiger partial charge in [-0.3, -0.25) is 19.6 Å². The van der Waals surface area contributed by atoms with E-state index in [-0.39, 0.29) is 29.5 Å². The van der Waals surface area contributed by atoms with Crippen molar-refractivity contribution in [3.05, 3.63) is 80.9 Å². The predicted octanol–water partition coefficient (Wildman–Crippen LogP) is 4.24. The molecule has 3 aromatic rings. The topological polar surface area (TPSA) is 121 Å². The summed E-state index contributed by atoms with van der Waals surface area (Å²) >= 11 is 0. The minimum Gasteiger partial charge on any atom is -0.490 e. The number of nitrogens with one attached hydrogen (secondary N) is 1. The Morgan fingerprint density at radius 3 is 2.66 bits per heavy atom. The van der Waals surface area contributed by atoms with E-state index in [1.807, 2.05) is 6.92 Å². The van der Waals surface area contributed by atoms with Crippen LogP contribution in [-0.2, 0) is 11.4 Å². The summed E-state index contributed by atoms with van der Waals surface area (Å²) in [6, 6.07) is 10.6. The number of hydrogen-bond donors (Lipinski definition) is 1. The van der Waals surface area contributed by atoms with E-state index in [0.29, 0.717) is 29.2 Å². The van der Waals surface area contributed by atoms with Crippen molar-refractivity contribution in [3.63, 3.8) is 0 Å². The van der Waals surface area contributed by atoms with Crippen LogP contribution in [0.1, 0.15) is 42.4 Å². The second kappa shape index (κ2) is 11.2. The first kappa shape index (κ1) is 25.3. The lowest BCUT2D eigenvalue weighted by Gasteiger charge is -2.13. The molecule has 10 nitrogen and oxygen atoms in total. The first-order chi connectivity index (χ1) is 16.7. The highest BCUT2D eigenvalue weighted by atomic mass is 19.1. The van der Waals surface area contributed by atoms with Gasteiger partial charge in [-0.1, -0.05) is 18.2 Å². The number of ether oxygens (including phenoxy) is 2. The Labute approximate surface area is 201 Å². The number of nitrogens with zero attached hydrogens (tertiary/aromatic N) is 4. The third-order valence-corrected chi connectivity index (χ3v) is 5.21. The van der Waals surface area contributed by atoms with Gasteiger partial charge in [0.15, 0.2) is 11.5 Å². The second-order valence-electron chi connectivity index (χ2n) is 7.65. The van der Waals surface area contributed by atoms with Gasteiger partial charge >= 0.3 is 5.69 Å². The number of hydrogen-bond acceptors (Lipinski definition) is 7. The monoisotopic (exact) mass is 483 g/mol. The molecule has 0 aliphatic heterocycles. The quantitative estimate of drug-likeness (QED) is 0.262. The molecule has 0 saturated carbocycles. The van der Waals surface area contributed by atoms with Crippen LogP contribution in [0.3, 0.4) is 0 Å². The maximum Gasteiger partial charge on any atom is 0.312 e. The molecule has 3 rings (SSSR count). The standard InChI is InChI=1S/C24H26FN5O5/c1-5-34-22-12-18(10-11-21(22)35-14-19-8-6-7-9-20(19)25)13-26-27-24(31)17(4)29-16(3)23(30(32)33)15(2)28-29/h6-13,17H,5,14H2,1-4H3,(H,27,31)/b26-13+. The summed E-state index contributed by atoms with van der Waals surface area (Å²) in [4.78, 5) is 23.2. The minimum absolute atomic E-state index is 0.0403. The first-order valence-electron chi connectivity index (χ1n) is 10.9. The fraction of sp³-hybridized carbons (Fsp3) is 0.292. The van der Waals surface area contributed by atoms with E-state index in [0.717, 1.165) is 0 Å². The third kappa shape index (κ3) is 5.99. The number of rotatable bonds is 10. The lowest BCUT2D eigenvalue weighted by Crippen LogP contribution is -2.28. The zero-order valence-corrected chi connectivity index (χ0v) is 19.8. The van der Waals surface area contributed by atoms with Crippen LogP contribution >= 0.6 is 0 Å². The summed E-state index contributed by atoms with van der Waals surface area (Å²) in [5, 5.41) is 19.3. The van der Waals surface area contributed by atoms with Gasteiger partial charge in [0.2, 0.25) is 0 Å². The molecular weight excluding hydrogens is 457 g/mol. The summed E-state index contributed by atoms with van der Waals surface area (Å²) < 4.78 is 26.5. The molecule has 35 heavy (non-hydrogen) atoms. The summed E-state index contributed by atoms with van der Waals surface area (Å²) in [5.74, 6) is 0.0457. The van der Waals surface area contributed by atoms with E-state index in [2.05, 4.69) is 15.6 Å². The molecule has 0 aliphatic carbocycles. The summed E-state index contributed by atoms with van der Waals surface area (Å²) in [6.45, 7) is 6.88. The van der Waals surface area contributed by atoms with Crippen molar-refractivity contribution in [2.24, 2.45) is 5.10 Å². The maximum atomic E-state index is 13.9. The highest BCUT2D eigenvalue weighted by Gasteiger charge is 2.26. The molecule has 1 aromatic heterocycles. The van der Waals surface area contributed by atoms with Gasteiger partial charge in [-0.05, 0) is 57.5 Å². The molecule has 11 heteroatoms. The molecule has 0 bridgehead atoms. The van der Waals surface area contributed by atoms with Gasteiger partial charge in [0.05, 0.1) is 17.7 Å². The second-order valence-corrected chi connectivity index (χ2v) is 7.65. The molecule has 0 aliphatic rings. The Kier molecular flexibility index (Phi) is 8.13. The van der Waals surface area contributed by atoms with Gasteiger partial charge in [-0.15, -0.1) is 0 Å². The van der Waals surface area contributed by atoms with Crippen molar-refractivity contribution in [1.82, 2.24) is 15.2 Å². The maximum absolute atomic E-state index is 13.9. The number of carbonyl (C=O) groups excluding carboxylic acids is 1. The Morgan fingerprint density at radius 1 is 1.26 bits per heavy atom. The number of aromatic nitrogens is 2. The lowest BCUT2D eigenvalue weighted by atomic mass is 10.2. The molecule has 0 saturated heterocycles. The van der Waals surface area contributed by atoms with Gasteiger partial charge < -0.3 is 9.47 Å². The number of carbonyl (C=O) groups is 1. The molecule has 1 unspecified atom stereocenters. The van der Waals surface area contributed by atoms with Crippen LogP contribution in [0.4, 0.5) is 10.1 Å². The van der Waals surface area contributed by atoms with E-state index >= 15 is 0 Å². The Morgan fingerprint density at radius 2 is 2.00 bits per heavy atom. The van der Waals surface area contributed by atoms with Crippen LogP contribution in [-0.4, -0.2) is 33.4 Å². The van der Waals surface area contributed by atoms with Crippen molar-refractivity contribution in [2.45, 2.75) is 40.3 Å². The van der Waals surface area contributed by atoms with Gasteiger partial charge in [0, 0.05) is 5.56 Å². The van der Waals surface area contributed by atoms with Crippen LogP contribution in [0, 0.1) is 29.8 Å². The fourth-order valence-corrected chi connectivity index (χ4v) is 3.43. The van der Waals surface area contributed by atoms with E-state index < -0.39 is 16.9 Å². The largest absolute Gasteiger partial charge is 0.490 e. The molecular formula is C24H26FN5O5. The number of aryl methyl sites for hydroxylation is 1. The summed E-state index contributed by atoms with van der Waals surface area (Å²) in [6.07, 6.45) is 1.43. The molecule has 0 spiro atoms. The van der Waals surface area contributed by atoms with Crippen LogP contribution in [0.15, 0.2) is 47.6 Å². The number of benzene rings is 2. The van der Waals surface area contributed by atoms with Crippen LogP contribution in [0.5, 0.6) is 11.5 Å². The SMILES string of the molecule is CCOc1cc(/C=N/NC(=O)C(C)n2nc(C)c([N+](=O)[O-])c2C)ccc1OCc1ccccc1F. The number of nitro groups is 1. The number of hydrazone groups is 1. The smallest absolute Gasteiger partial charge is 0.312 e. The predicted molar refractivity (Wildman–Crippen MR) is 127 cm³/mol. The Hall–Kier alpha value is -4.28. The van der Waals surface area contributed by atoms with Crippen molar-refractivity contribution in [3.8, 4) is 11.5 Å². The molecule has 1 heterocycles. The molecule has 0 fully saturated rings. The average molecular weight is 484 g/mol. The van der Waals surface area contributed by atoms with Gasteiger partial charge in [-0.25, -0.2) is 9.82 Å². The zero-order valence-electron chi connectivity index (χ0n) is 19.8. The van der Waals surface area contributed by atoms with E-state index in [1.54, 1.807) is 43.3 Å². The van der Waals surface area contributed by atoms with Gasteiger partial charge in [-0.2, -0.15) is 10.2 Å². The average Bonchev–Trinajstić information content (AvgIpc) is 3.13. The molecule has 1 N–H and O–H groups in total. The number of amides is 1. The Balaban J connectivity index is 1.67. The van der Waals surface area contributed by atoms with E-state index in [9.17, 15) is 19.3 Å². The normalized spacial score (nSPS) is 11.9. The van der Waals surface area contributed by atoms with Crippen LogP contribution in [0.2, 0.25) is 0 Å². The van der Waals surface area contributed by atoms with Crippen molar-refractivity contribution >= 4 is 17.8 Å². The molecule has 0 radical (unpaired) electrons. The van der Waals surface area contributed by atoms with Crippen molar-refractivity contribution in [2.75, 3.05) is 6.61 Å². The number of halogens is 1. The molecule has 1 atom stereocenters.